The summed E-state index contributed by atoms with van der Waals surface area (Å²) in [6.07, 6.45) is 3.70. The molecule has 1 amide bonds. The van der Waals surface area contributed by atoms with Crippen molar-refractivity contribution >= 4 is 5.91 Å². The number of ether oxygens (including phenoxy) is 1. The first-order valence-corrected chi connectivity index (χ1v) is 7.73. The number of likely N-dealkylation sites (N-methyl/N-ethyl adjacent to an activating group) is 1. The minimum Gasteiger partial charge on any atom is -0.484 e. The van der Waals surface area contributed by atoms with Crippen molar-refractivity contribution in [3.05, 3.63) is 78.6 Å². The van der Waals surface area contributed by atoms with Gasteiger partial charge < -0.3 is 9.64 Å². The van der Waals surface area contributed by atoms with Crippen molar-refractivity contribution in [2.75, 3.05) is 13.7 Å². The summed E-state index contributed by atoms with van der Waals surface area (Å²) >= 11 is 0. The highest BCUT2D eigenvalue weighted by atomic mass is 16.5. The smallest absolute Gasteiger partial charge is 0.260 e. The molecule has 0 aliphatic carbocycles. The van der Waals surface area contributed by atoms with Crippen LogP contribution in [0.4, 0.5) is 0 Å². The van der Waals surface area contributed by atoms with Crippen LogP contribution in [0, 0.1) is 0 Å². The molecule has 0 spiro atoms. The van der Waals surface area contributed by atoms with Gasteiger partial charge >= 0.3 is 0 Å². The standard InChI is InChI=1S/C19H19N3O2/c1-21(19(23)15-24-18-10-6-3-7-11-18)13-16-12-20-22(14-16)17-8-4-2-5-9-17/h2-12,14H,13,15H2,1H3. The van der Waals surface area contributed by atoms with E-state index in [0.29, 0.717) is 12.3 Å². The van der Waals surface area contributed by atoms with Gasteiger partial charge in [0.25, 0.3) is 5.91 Å². The molecule has 24 heavy (non-hydrogen) atoms. The molecule has 3 rings (SSSR count). The number of hydrogen-bond acceptors (Lipinski definition) is 3. The van der Waals surface area contributed by atoms with Crippen LogP contribution in [0.2, 0.25) is 0 Å². The zero-order chi connectivity index (χ0) is 16.8. The van der Waals surface area contributed by atoms with Crippen LogP contribution < -0.4 is 4.74 Å². The van der Waals surface area contributed by atoms with Crippen LogP contribution in [0.5, 0.6) is 5.75 Å². The monoisotopic (exact) mass is 321 g/mol. The van der Waals surface area contributed by atoms with Crippen LogP contribution >= 0.6 is 0 Å². The molecule has 0 fully saturated rings. The van der Waals surface area contributed by atoms with Gasteiger partial charge in [-0.1, -0.05) is 36.4 Å². The Labute approximate surface area is 141 Å². The van der Waals surface area contributed by atoms with Gasteiger partial charge in [0.05, 0.1) is 11.9 Å². The fourth-order valence-corrected chi connectivity index (χ4v) is 2.30. The Morgan fingerprint density at radius 3 is 2.46 bits per heavy atom. The molecule has 0 aliphatic heterocycles. The second kappa shape index (κ2) is 7.46. The molecule has 0 saturated heterocycles. The van der Waals surface area contributed by atoms with E-state index < -0.39 is 0 Å². The first-order valence-electron chi connectivity index (χ1n) is 7.73. The molecule has 122 valence electrons. The van der Waals surface area contributed by atoms with Crippen LogP contribution in [-0.2, 0) is 11.3 Å². The van der Waals surface area contributed by atoms with Crippen molar-refractivity contribution in [2.24, 2.45) is 0 Å². The van der Waals surface area contributed by atoms with Crippen molar-refractivity contribution in [1.82, 2.24) is 14.7 Å². The van der Waals surface area contributed by atoms with Gasteiger partial charge in [-0.3, -0.25) is 4.79 Å². The summed E-state index contributed by atoms with van der Waals surface area (Å²) in [6, 6.07) is 19.2. The third-order valence-corrected chi connectivity index (χ3v) is 3.61. The molecule has 3 aromatic rings. The van der Waals surface area contributed by atoms with E-state index in [1.54, 1.807) is 22.8 Å². The Hall–Kier alpha value is -3.08. The van der Waals surface area contributed by atoms with Gasteiger partial charge in [-0.05, 0) is 24.3 Å². The lowest BCUT2D eigenvalue weighted by molar-refractivity contribution is -0.132. The lowest BCUT2D eigenvalue weighted by atomic mass is 10.3. The van der Waals surface area contributed by atoms with Crippen molar-refractivity contribution < 1.29 is 9.53 Å². The van der Waals surface area contributed by atoms with E-state index in [2.05, 4.69) is 5.10 Å². The second-order valence-electron chi connectivity index (χ2n) is 5.48. The fraction of sp³-hybridized carbons (Fsp3) is 0.158. The van der Waals surface area contributed by atoms with E-state index in [1.807, 2.05) is 66.9 Å². The first kappa shape index (κ1) is 15.8. The zero-order valence-corrected chi connectivity index (χ0v) is 13.5. The minimum absolute atomic E-state index is 0.0212. The molecule has 0 N–H and O–H groups in total. The van der Waals surface area contributed by atoms with Gasteiger partial charge in [0, 0.05) is 25.4 Å². The number of nitrogens with zero attached hydrogens (tertiary/aromatic N) is 3. The highest BCUT2D eigenvalue weighted by Crippen LogP contribution is 2.11. The summed E-state index contributed by atoms with van der Waals surface area (Å²) in [7, 11) is 1.76. The van der Waals surface area contributed by atoms with Crippen LogP contribution in [0.25, 0.3) is 5.69 Å². The maximum atomic E-state index is 12.2. The molecule has 0 unspecified atom stereocenters. The molecule has 0 atom stereocenters. The predicted octanol–water partition coefficient (Wildman–Crippen LogP) is 2.91. The summed E-state index contributed by atoms with van der Waals surface area (Å²) in [6.45, 7) is 0.511. The van der Waals surface area contributed by atoms with Crippen molar-refractivity contribution in [3.8, 4) is 11.4 Å². The van der Waals surface area contributed by atoms with Gasteiger partial charge in [0.1, 0.15) is 5.75 Å². The Balaban J connectivity index is 1.55. The molecule has 0 bridgehead atoms. The number of rotatable bonds is 6. The van der Waals surface area contributed by atoms with Crippen LogP contribution in [0.3, 0.4) is 0 Å². The number of benzene rings is 2. The number of amides is 1. The predicted molar refractivity (Wildman–Crippen MR) is 92.0 cm³/mol. The molecule has 0 aliphatic rings. The van der Waals surface area contributed by atoms with Crippen molar-refractivity contribution in [3.63, 3.8) is 0 Å². The molecule has 5 heteroatoms. The zero-order valence-electron chi connectivity index (χ0n) is 13.5. The average molecular weight is 321 g/mol. The maximum absolute atomic E-state index is 12.2. The molecule has 1 aromatic heterocycles. The second-order valence-corrected chi connectivity index (χ2v) is 5.48. The molecule has 1 heterocycles. The van der Waals surface area contributed by atoms with Gasteiger partial charge in [0.15, 0.2) is 6.61 Å². The summed E-state index contributed by atoms with van der Waals surface area (Å²) in [5.41, 5.74) is 1.96. The maximum Gasteiger partial charge on any atom is 0.260 e. The number of aromatic nitrogens is 2. The Kier molecular flexibility index (Phi) is 4.91. The van der Waals surface area contributed by atoms with E-state index >= 15 is 0 Å². The Morgan fingerprint density at radius 1 is 1.08 bits per heavy atom. The molecular formula is C19H19N3O2. The highest BCUT2D eigenvalue weighted by Gasteiger charge is 2.11. The quantitative estimate of drug-likeness (QED) is 0.701. The van der Waals surface area contributed by atoms with Crippen LogP contribution in [0.1, 0.15) is 5.56 Å². The van der Waals surface area contributed by atoms with Crippen molar-refractivity contribution in [1.29, 1.82) is 0 Å². The van der Waals surface area contributed by atoms with Crippen molar-refractivity contribution in [2.45, 2.75) is 6.54 Å². The average Bonchev–Trinajstić information content (AvgIpc) is 3.10. The van der Waals surface area contributed by atoms with Gasteiger partial charge in [-0.2, -0.15) is 5.10 Å². The summed E-state index contributed by atoms with van der Waals surface area (Å²) in [4.78, 5) is 13.8. The summed E-state index contributed by atoms with van der Waals surface area (Å²) in [5, 5.41) is 4.34. The molecular weight excluding hydrogens is 302 g/mol. The third-order valence-electron chi connectivity index (χ3n) is 3.61. The van der Waals surface area contributed by atoms with Crippen LogP contribution in [0.15, 0.2) is 73.1 Å². The summed E-state index contributed by atoms with van der Waals surface area (Å²) < 4.78 is 7.29. The Morgan fingerprint density at radius 2 is 1.75 bits per heavy atom. The fourth-order valence-electron chi connectivity index (χ4n) is 2.30. The van der Waals surface area contributed by atoms with E-state index in [0.717, 1.165) is 11.3 Å². The largest absolute Gasteiger partial charge is 0.484 e. The first-order chi connectivity index (χ1) is 11.7. The molecule has 2 aromatic carbocycles. The van der Waals surface area contributed by atoms with Crippen LogP contribution in [-0.4, -0.2) is 34.2 Å². The lowest BCUT2D eigenvalue weighted by Gasteiger charge is -2.16. The number of carbonyl (C=O) groups excluding carboxylic acids is 1. The number of hydrogen-bond donors (Lipinski definition) is 0. The van der Waals surface area contributed by atoms with Gasteiger partial charge in [-0.25, -0.2) is 4.68 Å². The highest BCUT2D eigenvalue weighted by molar-refractivity contribution is 5.77. The number of carbonyl (C=O) groups is 1. The SMILES string of the molecule is CN(Cc1cnn(-c2ccccc2)c1)C(=O)COc1ccccc1. The molecule has 0 saturated carbocycles. The van der Waals surface area contributed by atoms with E-state index in [1.165, 1.54) is 0 Å². The van der Waals surface area contributed by atoms with E-state index in [-0.39, 0.29) is 12.5 Å². The van der Waals surface area contributed by atoms with E-state index in [9.17, 15) is 4.79 Å². The lowest BCUT2D eigenvalue weighted by Crippen LogP contribution is -2.30. The molecule has 0 radical (unpaired) electrons. The summed E-state index contributed by atoms with van der Waals surface area (Å²) in [5.74, 6) is 0.613. The topological polar surface area (TPSA) is 47.4 Å². The number of para-hydroxylation sites is 2. The third kappa shape index (κ3) is 4.01. The van der Waals surface area contributed by atoms with Gasteiger partial charge in [-0.15, -0.1) is 0 Å². The minimum atomic E-state index is -0.0775. The Bertz CT molecular complexity index is 785. The molecule has 5 nitrogen and oxygen atoms in total. The normalized spacial score (nSPS) is 10.4. The van der Waals surface area contributed by atoms with Gasteiger partial charge in [0.2, 0.25) is 0 Å². The van der Waals surface area contributed by atoms with E-state index in [4.69, 9.17) is 4.74 Å².